The number of hydrogen-bond donors (Lipinski definition) is 3. The number of rotatable bonds is 5. The van der Waals surface area contributed by atoms with Gasteiger partial charge < -0.3 is 14.9 Å². The van der Waals surface area contributed by atoms with Crippen LogP contribution in [0.25, 0.3) is 0 Å². The molecule has 2 rings (SSSR count). The molecule has 1 aromatic heterocycles. The van der Waals surface area contributed by atoms with Gasteiger partial charge in [0.25, 0.3) is 0 Å². The summed E-state index contributed by atoms with van der Waals surface area (Å²) in [7, 11) is 0. The Labute approximate surface area is 118 Å². The van der Waals surface area contributed by atoms with Gasteiger partial charge in [-0.05, 0) is 25.2 Å². The molecule has 1 fully saturated rings. The van der Waals surface area contributed by atoms with Crippen molar-refractivity contribution in [1.29, 1.82) is 0 Å². The number of urea groups is 1. The zero-order chi connectivity index (χ0) is 14.8. The highest BCUT2D eigenvalue weighted by atomic mass is 16.5. The summed E-state index contributed by atoms with van der Waals surface area (Å²) in [4.78, 5) is 11.9. The van der Waals surface area contributed by atoms with E-state index < -0.39 is 0 Å². The van der Waals surface area contributed by atoms with E-state index in [1.807, 2.05) is 20.8 Å². The van der Waals surface area contributed by atoms with Crippen LogP contribution < -0.4 is 10.6 Å². The Morgan fingerprint density at radius 3 is 2.75 bits per heavy atom. The van der Waals surface area contributed by atoms with Crippen molar-refractivity contribution in [3.63, 3.8) is 0 Å². The Hall–Kier alpha value is -1.56. The normalized spacial score (nSPS) is 16.8. The molecular formula is C14H23N3O3. The van der Waals surface area contributed by atoms with Gasteiger partial charge in [-0.15, -0.1) is 0 Å². The van der Waals surface area contributed by atoms with Crippen LogP contribution in [0.4, 0.5) is 10.6 Å². The summed E-state index contributed by atoms with van der Waals surface area (Å²) >= 11 is 0. The van der Waals surface area contributed by atoms with Gasteiger partial charge in [-0.2, -0.15) is 0 Å². The highest BCUT2D eigenvalue weighted by molar-refractivity contribution is 5.88. The van der Waals surface area contributed by atoms with Gasteiger partial charge >= 0.3 is 6.03 Å². The van der Waals surface area contributed by atoms with Crippen LogP contribution in [0.5, 0.6) is 0 Å². The second-order valence-corrected chi connectivity index (χ2v) is 6.38. The summed E-state index contributed by atoms with van der Waals surface area (Å²) in [5.74, 6) is 1.63. The van der Waals surface area contributed by atoms with Crippen molar-refractivity contribution in [2.75, 3.05) is 11.9 Å². The Kier molecular flexibility index (Phi) is 4.32. The van der Waals surface area contributed by atoms with E-state index >= 15 is 0 Å². The fourth-order valence-corrected chi connectivity index (χ4v) is 2.07. The molecule has 0 unspecified atom stereocenters. The molecule has 0 saturated heterocycles. The zero-order valence-electron chi connectivity index (χ0n) is 12.3. The summed E-state index contributed by atoms with van der Waals surface area (Å²) in [5.41, 5.74) is -0.142. The first-order chi connectivity index (χ1) is 9.40. The van der Waals surface area contributed by atoms with E-state index in [9.17, 15) is 4.79 Å². The van der Waals surface area contributed by atoms with Crippen molar-refractivity contribution in [1.82, 2.24) is 10.5 Å². The SMILES string of the molecule is CC(C)(C)c1cc(NC(=O)N[C@@H](CCO)C2CC2)no1. The van der Waals surface area contributed by atoms with E-state index in [-0.39, 0.29) is 24.1 Å². The molecule has 1 heterocycles. The molecule has 0 aliphatic heterocycles. The summed E-state index contributed by atoms with van der Waals surface area (Å²) in [6.45, 7) is 6.13. The summed E-state index contributed by atoms with van der Waals surface area (Å²) < 4.78 is 5.21. The number of aromatic nitrogens is 1. The van der Waals surface area contributed by atoms with Crippen molar-refractivity contribution < 1.29 is 14.4 Å². The molecule has 6 heteroatoms. The standard InChI is InChI=1S/C14H23N3O3/c1-14(2,3)11-8-12(17-20-11)16-13(19)15-10(6-7-18)9-4-5-9/h8-10,18H,4-7H2,1-3H3,(H2,15,16,17,19)/t10-/m0/s1. The van der Waals surface area contributed by atoms with Crippen LogP contribution in [-0.2, 0) is 5.41 Å². The number of nitrogens with zero attached hydrogens (tertiary/aromatic N) is 1. The topological polar surface area (TPSA) is 87.4 Å². The fourth-order valence-electron chi connectivity index (χ4n) is 2.07. The van der Waals surface area contributed by atoms with Crippen molar-refractivity contribution in [3.8, 4) is 0 Å². The minimum atomic E-state index is -0.302. The van der Waals surface area contributed by atoms with Crippen LogP contribution >= 0.6 is 0 Å². The molecule has 0 bridgehead atoms. The zero-order valence-corrected chi connectivity index (χ0v) is 12.3. The molecule has 0 aromatic carbocycles. The first-order valence-electron chi connectivity index (χ1n) is 7.05. The fraction of sp³-hybridized carbons (Fsp3) is 0.714. The minimum absolute atomic E-state index is 0.0361. The molecule has 112 valence electrons. The first kappa shape index (κ1) is 14.8. The summed E-state index contributed by atoms with van der Waals surface area (Å²) in [6, 6.07) is 1.47. The van der Waals surface area contributed by atoms with Gasteiger partial charge in [-0.1, -0.05) is 25.9 Å². The Bertz CT molecular complexity index is 460. The smallest absolute Gasteiger partial charge is 0.320 e. The van der Waals surface area contributed by atoms with E-state index in [0.717, 1.165) is 18.6 Å². The van der Waals surface area contributed by atoms with Gasteiger partial charge in [0, 0.05) is 24.1 Å². The molecule has 0 spiro atoms. The Morgan fingerprint density at radius 2 is 2.25 bits per heavy atom. The van der Waals surface area contributed by atoms with E-state index in [0.29, 0.717) is 18.2 Å². The van der Waals surface area contributed by atoms with Crippen molar-refractivity contribution in [2.45, 2.75) is 51.5 Å². The Balaban J connectivity index is 1.89. The minimum Gasteiger partial charge on any atom is -0.396 e. The number of nitrogens with one attached hydrogen (secondary N) is 2. The second kappa shape index (κ2) is 5.83. The van der Waals surface area contributed by atoms with Crippen LogP contribution in [0.2, 0.25) is 0 Å². The largest absolute Gasteiger partial charge is 0.396 e. The monoisotopic (exact) mass is 281 g/mol. The quantitative estimate of drug-likeness (QED) is 0.772. The van der Waals surface area contributed by atoms with Crippen LogP contribution in [0.1, 0.15) is 45.8 Å². The van der Waals surface area contributed by atoms with Crippen LogP contribution in [0.3, 0.4) is 0 Å². The summed E-state index contributed by atoms with van der Waals surface area (Å²) in [6.07, 6.45) is 2.82. The number of hydrogen-bond acceptors (Lipinski definition) is 4. The number of aliphatic hydroxyl groups is 1. The van der Waals surface area contributed by atoms with Gasteiger partial charge in [0.05, 0.1) is 0 Å². The van der Waals surface area contributed by atoms with Crippen molar-refractivity contribution in [2.24, 2.45) is 5.92 Å². The summed E-state index contributed by atoms with van der Waals surface area (Å²) in [5, 5.41) is 18.4. The third-order valence-corrected chi connectivity index (χ3v) is 3.44. The molecule has 1 aliphatic rings. The molecule has 1 aliphatic carbocycles. The van der Waals surface area contributed by atoms with E-state index in [1.165, 1.54) is 0 Å². The molecule has 2 amide bonds. The highest BCUT2D eigenvalue weighted by Crippen LogP contribution is 2.34. The van der Waals surface area contributed by atoms with Gasteiger partial charge in [0.15, 0.2) is 5.82 Å². The predicted molar refractivity (Wildman–Crippen MR) is 75.6 cm³/mol. The third kappa shape index (κ3) is 3.96. The van der Waals surface area contributed by atoms with E-state index in [1.54, 1.807) is 6.07 Å². The van der Waals surface area contributed by atoms with Gasteiger partial charge in [0.1, 0.15) is 5.76 Å². The van der Waals surface area contributed by atoms with Crippen molar-refractivity contribution >= 4 is 11.8 Å². The number of anilines is 1. The molecule has 20 heavy (non-hydrogen) atoms. The van der Waals surface area contributed by atoms with Gasteiger partial charge in [-0.25, -0.2) is 4.79 Å². The van der Waals surface area contributed by atoms with Crippen LogP contribution in [0.15, 0.2) is 10.6 Å². The lowest BCUT2D eigenvalue weighted by Gasteiger charge is -2.16. The number of aliphatic hydroxyl groups excluding tert-OH is 1. The van der Waals surface area contributed by atoms with E-state index in [4.69, 9.17) is 9.63 Å². The molecule has 0 radical (unpaired) electrons. The lowest BCUT2D eigenvalue weighted by molar-refractivity contribution is 0.234. The van der Waals surface area contributed by atoms with Crippen LogP contribution in [0, 0.1) is 5.92 Å². The average molecular weight is 281 g/mol. The maximum absolute atomic E-state index is 11.9. The maximum Gasteiger partial charge on any atom is 0.320 e. The lowest BCUT2D eigenvalue weighted by atomic mass is 9.93. The first-order valence-corrected chi connectivity index (χ1v) is 7.05. The molecule has 1 aromatic rings. The highest BCUT2D eigenvalue weighted by Gasteiger charge is 2.32. The predicted octanol–water partition coefficient (Wildman–Crippen LogP) is 2.25. The second-order valence-electron chi connectivity index (χ2n) is 6.38. The lowest BCUT2D eigenvalue weighted by Crippen LogP contribution is -2.39. The number of carbonyl (C=O) groups is 1. The Morgan fingerprint density at radius 1 is 1.55 bits per heavy atom. The number of carbonyl (C=O) groups excluding carboxylic acids is 1. The number of amides is 2. The van der Waals surface area contributed by atoms with Crippen LogP contribution in [-0.4, -0.2) is 28.9 Å². The molecule has 1 saturated carbocycles. The van der Waals surface area contributed by atoms with Crippen molar-refractivity contribution in [3.05, 3.63) is 11.8 Å². The van der Waals surface area contributed by atoms with Gasteiger partial charge in [0.2, 0.25) is 0 Å². The average Bonchev–Trinajstić information content (AvgIpc) is 3.08. The molecule has 1 atom stereocenters. The molecular weight excluding hydrogens is 258 g/mol. The maximum atomic E-state index is 11.9. The molecule has 6 nitrogen and oxygen atoms in total. The van der Waals surface area contributed by atoms with E-state index in [2.05, 4.69) is 15.8 Å². The molecule has 3 N–H and O–H groups in total. The third-order valence-electron chi connectivity index (χ3n) is 3.44. The van der Waals surface area contributed by atoms with Gasteiger partial charge in [-0.3, -0.25) is 5.32 Å².